The van der Waals surface area contributed by atoms with E-state index in [1.165, 1.54) is 0 Å². The second-order valence-corrected chi connectivity index (χ2v) is 4.92. The third kappa shape index (κ3) is 5.37. The van der Waals surface area contributed by atoms with E-state index in [2.05, 4.69) is 15.9 Å². The van der Waals surface area contributed by atoms with Crippen molar-refractivity contribution in [3.8, 4) is 0 Å². The lowest BCUT2D eigenvalue weighted by atomic mass is 10.5. The number of hydrogen-bond acceptors (Lipinski definition) is 3. The van der Waals surface area contributed by atoms with Crippen molar-refractivity contribution in [2.24, 2.45) is 0 Å². The summed E-state index contributed by atoms with van der Waals surface area (Å²) in [6.07, 6.45) is 0. The molecule has 0 aromatic heterocycles. The summed E-state index contributed by atoms with van der Waals surface area (Å²) in [6.45, 7) is 2.63. The molecule has 0 rings (SSSR count). The van der Waals surface area contributed by atoms with Gasteiger partial charge in [0.25, 0.3) is 0 Å². The lowest BCUT2D eigenvalue weighted by Crippen LogP contribution is -2.26. The minimum atomic E-state index is -1.45. The van der Waals surface area contributed by atoms with Crippen molar-refractivity contribution in [2.45, 2.75) is 11.8 Å². The Morgan fingerprint density at radius 2 is 1.90 bits per heavy atom. The normalized spacial score (nSPS) is 14.1. The summed E-state index contributed by atoms with van der Waals surface area (Å²) in [4.78, 5) is 0.345. The SMILES string of the molecule is CO[Si](OC)OCC(C)Br. The van der Waals surface area contributed by atoms with Gasteiger partial charge in [-0.25, -0.2) is 0 Å². The Morgan fingerprint density at radius 1 is 1.40 bits per heavy atom. The number of hydrogen-bond donors (Lipinski definition) is 0. The fraction of sp³-hybridized carbons (Fsp3) is 1.00. The van der Waals surface area contributed by atoms with E-state index in [0.717, 1.165) is 0 Å². The zero-order valence-electron chi connectivity index (χ0n) is 6.39. The lowest BCUT2D eigenvalue weighted by Gasteiger charge is -2.09. The molecule has 1 unspecified atom stereocenters. The average molecular weight is 228 g/mol. The first-order valence-corrected chi connectivity index (χ1v) is 5.06. The molecule has 3 nitrogen and oxygen atoms in total. The minimum absolute atomic E-state index is 0.345. The van der Waals surface area contributed by atoms with Gasteiger partial charge in [-0.2, -0.15) is 0 Å². The van der Waals surface area contributed by atoms with Crippen LogP contribution >= 0.6 is 15.9 Å². The minimum Gasteiger partial charge on any atom is -0.375 e. The third-order valence-electron chi connectivity index (χ3n) is 0.764. The second-order valence-electron chi connectivity index (χ2n) is 1.75. The summed E-state index contributed by atoms with van der Waals surface area (Å²) in [5.74, 6) is 0. The van der Waals surface area contributed by atoms with Gasteiger partial charge in [0.2, 0.25) is 0 Å². The van der Waals surface area contributed by atoms with Crippen molar-refractivity contribution in [2.75, 3.05) is 20.8 Å². The third-order valence-corrected chi connectivity index (χ3v) is 2.10. The van der Waals surface area contributed by atoms with E-state index < -0.39 is 9.53 Å². The molecule has 0 heterocycles. The molecule has 0 bridgehead atoms. The molecule has 0 aromatic carbocycles. The van der Waals surface area contributed by atoms with Crippen LogP contribution in [0, 0.1) is 0 Å². The van der Waals surface area contributed by atoms with Gasteiger partial charge in [-0.1, -0.05) is 22.9 Å². The van der Waals surface area contributed by atoms with E-state index in [-0.39, 0.29) is 0 Å². The number of halogens is 1. The van der Waals surface area contributed by atoms with E-state index >= 15 is 0 Å². The predicted octanol–water partition coefficient (Wildman–Crippen LogP) is 1.06. The highest BCUT2D eigenvalue weighted by atomic mass is 79.9. The van der Waals surface area contributed by atoms with Crippen molar-refractivity contribution in [3.63, 3.8) is 0 Å². The molecule has 0 aliphatic heterocycles. The standard InChI is InChI=1S/C5H12BrO3Si/c1-5(6)4-9-10(7-2)8-3/h5H,4H2,1-3H3. The molecule has 1 atom stereocenters. The largest absolute Gasteiger partial charge is 0.577 e. The van der Waals surface area contributed by atoms with Crippen LogP contribution < -0.4 is 0 Å². The van der Waals surface area contributed by atoms with E-state index in [4.69, 9.17) is 13.3 Å². The molecule has 0 saturated carbocycles. The van der Waals surface area contributed by atoms with E-state index in [9.17, 15) is 0 Å². The molecular formula is C5H12BrO3Si. The van der Waals surface area contributed by atoms with Gasteiger partial charge in [0.05, 0.1) is 6.61 Å². The second kappa shape index (κ2) is 6.30. The van der Waals surface area contributed by atoms with Crippen molar-refractivity contribution in [1.82, 2.24) is 0 Å². The molecule has 0 spiro atoms. The molecule has 0 saturated heterocycles. The molecular weight excluding hydrogens is 216 g/mol. The molecule has 61 valence electrons. The van der Waals surface area contributed by atoms with Crippen LogP contribution in [0.25, 0.3) is 0 Å². The maximum atomic E-state index is 5.21. The fourth-order valence-corrected chi connectivity index (χ4v) is 1.55. The molecule has 0 N–H and O–H groups in total. The van der Waals surface area contributed by atoms with Gasteiger partial charge in [-0.3, -0.25) is 0 Å². The molecule has 0 amide bonds. The van der Waals surface area contributed by atoms with Gasteiger partial charge in [0.15, 0.2) is 0 Å². The van der Waals surface area contributed by atoms with Crippen LogP contribution in [0.1, 0.15) is 6.92 Å². The smallest absolute Gasteiger partial charge is 0.375 e. The molecule has 10 heavy (non-hydrogen) atoms. The van der Waals surface area contributed by atoms with Gasteiger partial charge >= 0.3 is 9.53 Å². The van der Waals surface area contributed by atoms with Crippen LogP contribution in [0.3, 0.4) is 0 Å². The Bertz CT molecular complexity index is 77.3. The molecule has 5 heteroatoms. The van der Waals surface area contributed by atoms with E-state index in [1.807, 2.05) is 6.92 Å². The first kappa shape index (κ1) is 10.6. The quantitative estimate of drug-likeness (QED) is 0.520. The fourth-order valence-electron chi connectivity index (χ4n) is 0.384. The highest BCUT2D eigenvalue weighted by molar-refractivity contribution is 9.09. The first-order valence-electron chi connectivity index (χ1n) is 2.92. The van der Waals surface area contributed by atoms with E-state index in [1.54, 1.807) is 14.2 Å². The van der Waals surface area contributed by atoms with Crippen LogP contribution in [0.4, 0.5) is 0 Å². The van der Waals surface area contributed by atoms with Crippen LogP contribution in [0.2, 0.25) is 0 Å². The molecule has 1 radical (unpaired) electrons. The van der Waals surface area contributed by atoms with Crippen molar-refractivity contribution < 1.29 is 13.3 Å². The molecule has 0 aliphatic rings. The van der Waals surface area contributed by atoms with Crippen molar-refractivity contribution in [1.29, 1.82) is 0 Å². The average Bonchev–Trinajstić information content (AvgIpc) is 1.90. The zero-order valence-corrected chi connectivity index (χ0v) is 8.97. The van der Waals surface area contributed by atoms with Gasteiger partial charge in [-0.15, -0.1) is 0 Å². The Balaban J connectivity index is 3.26. The maximum Gasteiger partial charge on any atom is 0.577 e. The summed E-state index contributed by atoms with van der Waals surface area (Å²) in [7, 11) is 1.71. The Labute approximate surface area is 71.8 Å². The first-order chi connectivity index (χ1) is 4.70. The Kier molecular flexibility index (Phi) is 6.66. The Hall–Kier alpha value is 0.577. The summed E-state index contributed by atoms with van der Waals surface area (Å²) in [5, 5.41) is 0. The van der Waals surface area contributed by atoms with Gasteiger partial charge in [-0.05, 0) is 0 Å². The summed E-state index contributed by atoms with van der Waals surface area (Å²) >= 11 is 3.34. The van der Waals surface area contributed by atoms with Gasteiger partial charge < -0.3 is 13.3 Å². The van der Waals surface area contributed by atoms with Crippen LogP contribution in [-0.2, 0) is 13.3 Å². The predicted molar refractivity (Wildman–Crippen MR) is 44.1 cm³/mol. The van der Waals surface area contributed by atoms with E-state index in [0.29, 0.717) is 11.4 Å². The molecule has 0 aliphatic carbocycles. The molecule has 0 fully saturated rings. The summed E-state index contributed by atoms with van der Waals surface area (Å²) < 4.78 is 15.0. The summed E-state index contributed by atoms with van der Waals surface area (Å²) in [5.41, 5.74) is 0. The van der Waals surface area contributed by atoms with Gasteiger partial charge in [0, 0.05) is 19.0 Å². The Morgan fingerprint density at radius 3 is 2.20 bits per heavy atom. The summed E-state index contributed by atoms with van der Waals surface area (Å²) in [6, 6.07) is 0. The molecule has 0 aromatic rings. The monoisotopic (exact) mass is 227 g/mol. The number of rotatable bonds is 5. The highest BCUT2D eigenvalue weighted by Gasteiger charge is 2.14. The zero-order chi connectivity index (χ0) is 7.98. The van der Waals surface area contributed by atoms with Crippen LogP contribution in [-0.4, -0.2) is 35.2 Å². The highest BCUT2D eigenvalue weighted by Crippen LogP contribution is 1.99. The lowest BCUT2D eigenvalue weighted by molar-refractivity contribution is 0.137. The maximum absolute atomic E-state index is 5.21. The topological polar surface area (TPSA) is 27.7 Å². The van der Waals surface area contributed by atoms with Crippen LogP contribution in [0.5, 0.6) is 0 Å². The van der Waals surface area contributed by atoms with Crippen molar-refractivity contribution >= 4 is 25.5 Å². The van der Waals surface area contributed by atoms with Crippen molar-refractivity contribution in [3.05, 3.63) is 0 Å². The van der Waals surface area contributed by atoms with Crippen LogP contribution in [0.15, 0.2) is 0 Å². The number of alkyl halides is 1. The van der Waals surface area contributed by atoms with Gasteiger partial charge in [0.1, 0.15) is 0 Å².